The largest absolute Gasteiger partial charge is 0.483 e. The fourth-order valence-corrected chi connectivity index (χ4v) is 4.51. The summed E-state index contributed by atoms with van der Waals surface area (Å²) in [5, 5.41) is 2.99. The lowest BCUT2D eigenvalue weighted by molar-refractivity contribution is -0.123. The Hall–Kier alpha value is -2.79. The van der Waals surface area contributed by atoms with E-state index in [-0.39, 0.29) is 24.4 Å². The number of rotatable bonds is 5. The third-order valence-corrected chi connectivity index (χ3v) is 5.85. The number of benzene rings is 3. The van der Waals surface area contributed by atoms with Gasteiger partial charge in [0.1, 0.15) is 11.6 Å². The molecule has 0 fully saturated rings. The van der Waals surface area contributed by atoms with Crippen LogP contribution in [0.1, 0.15) is 18.0 Å². The zero-order valence-corrected chi connectivity index (χ0v) is 16.0. The van der Waals surface area contributed by atoms with Crippen molar-refractivity contribution in [1.82, 2.24) is 5.32 Å². The van der Waals surface area contributed by atoms with Crippen molar-refractivity contribution < 1.29 is 13.9 Å². The predicted octanol–water partition coefficient (Wildman–Crippen LogP) is 5.22. The van der Waals surface area contributed by atoms with Crippen LogP contribution in [0.4, 0.5) is 4.39 Å². The van der Waals surface area contributed by atoms with Gasteiger partial charge in [0.05, 0.1) is 6.04 Å². The van der Waals surface area contributed by atoms with Gasteiger partial charge >= 0.3 is 0 Å². The summed E-state index contributed by atoms with van der Waals surface area (Å²) in [6, 6.07) is 22.4. The van der Waals surface area contributed by atoms with Crippen molar-refractivity contribution >= 4 is 17.7 Å². The van der Waals surface area contributed by atoms with Gasteiger partial charge in [-0.05, 0) is 29.7 Å². The van der Waals surface area contributed by atoms with Crippen molar-refractivity contribution in [2.75, 3.05) is 12.4 Å². The summed E-state index contributed by atoms with van der Waals surface area (Å²) in [7, 11) is 0. The number of hydrogen-bond donors (Lipinski definition) is 1. The second-order valence-corrected chi connectivity index (χ2v) is 7.67. The van der Waals surface area contributed by atoms with Gasteiger partial charge in [0.2, 0.25) is 0 Å². The minimum absolute atomic E-state index is 0.0852. The van der Waals surface area contributed by atoms with Crippen LogP contribution in [0.5, 0.6) is 5.75 Å². The highest BCUT2D eigenvalue weighted by molar-refractivity contribution is 7.99. The van der Waals surface area contributed by atoms with E-state index in [9.17, 15) is 9.18 Å². The third kappa shape index (κ3) is 4.04. The topological polar surface area (TPSA) is 38.3 Å². The molecule has 1 aliphatic heterocycles. The van der Waals surface area contributed by atoms with E-state index < -0.39 is 0 Å². The second kappa shape index (κ2) is 8.48. The third-order valence-electron chi connectivity index (χ3n) is 4.69. The van der Waals surface area contributed by atoms with Crippen LogP contribution < -0.4 is 10.1 Å². The fraction of sp³-hybridized carbons (Fsp3) is 0.174. The number of amides is 1. The molecule has 1 amide bonds. The molecule has 3 nitrogen and oxygen atoms in total. The van der Waals surface area contributed by atoms with Gasteiger partial charge in [-0.1, -0.05) is 60.7 Å². The van der Waals surface area contributed by atoms with Gasteiger partial charge in [-0.2, -0.15) is 0 Å². The first-order chi connectivity index (χ1) is 13.7. The SMILES string of the molecule is O=C(COc1ccccc1-c1ccccc1)NC1CCSc2c(F)cccc21. The summed E-state index contributed by atoms with van der Waals surface area (Å²) in [6.07, 6.45) is 0.771. The fourth-order valence-electron chi connectivity index (χ4n) is 3.36. The molecule has 1 atom stereocenters. The van der Waals surface area contributed by atoms with Crippen LogP contribution in [0.3, 0.4) is 0 Å². The molecule has 3 aromatic carbocycles. The molecule has 3 aromatic rings. The predicted molar refractivity (Wildman–Crippen MR) is 110 cm³/mol. The summed E-state index contributed by atoms with van der Waals surface area (Å²) in [4.78, 5) is 13.1. The summed E-state index contributed by atoms with van der Waals surface area (Å²) in [5.74, 6) is 0.996. The first kappa shape index (κ1) is 18.6. The van der Waals surface area contributed by atoms with E-state index in [0.29, 0.717) is 10.6 Å². The zero-order chi connectivity index (χ0) is 19.3. The molecule has 0 spiro atoms. The first-order valence-electron chi connectivity index (χ1n) is 9.20. The number of hydrogen-bond acceptors (Lipinski definition) is 3. The maximum atomic E-state index is 14.0. The van der Waals surface area contributed by atoms with E-state index in [2.05, 4.69) is 5.32 Å². The van der Waals surface area contributed by atoms with Gasteiger partial charge in [-0.15, -0.1) is 11.8 Å². The number of ether oxygens (including phenoxy) is 1. The van der Waals surface area contributed by atoms with E-state index in [1.807, 2.05) is 60.7 Å². The van der Waals surface area contributed by atoms with Gasteiger partial charge in [0.15, 0.2) is 6.61 Å². The van der Waals surface area contributed by atoms with Crippen molar-refractivity contribution in [1.29, 1.82) is 0 Å². The molecule has 142 valence electrons. The maximum absolute atomic E-state index is 14.0. The highest BCUT2D eigenvalue weighted by Gasteiger charge is 2.24. The zero-order valence-electron chi connectivity index (χ0n) is 15.2. The summed E-state index contributed by atoms with van der Waals surface area (Å²) in [6.45, 7) is -0.0852. The second-order valence-electron chi connectivity index (χ2n) is 6.57. The van der Waals surface area contributed by atoms with Crippen molar-refractivity contribution in [2.24, 2.45) is 0 Å². The molecule has 0 saturated carbocycles. The minimum atomic E-state index is -0.227. The lowest BCUT2D eigenvalue weighted by Gasteiger charge is -2.26. The average molecular weight is 393 g/mol. The number of carbonyl (C=O) groups is 1. The van der Waals surface area contributed by atoms with Gasteiger partial charge < -0.3 is 10.1 Å². The van der Waals surface area contributed by atoms with Crippen molar-refractivity contribution in [3.05, 3.63) is 84.2 Å². The molecule has 1 heterocycles. The van der Waals surface area contributed by atoms with Crippen LogP contribution in [0.25, 0.3) is 11.1 Å². The molecule has 0 radical (unpaired) electrons. The molecule has 28 heavy (non-hydrogen) atoms. The number of thioether (sulfide) groups is 1. The highest BCUT2D eigenvalue weighted by atomic mass is 32.2. The van der Waals surface area contributed by atoms with Crippen LogP contribution in [-0.2, 0) is 4.79 Å². The molecule has 1 aliphatic rings. The monoisotopic (exact) mass is 393 g/mol. The lowest BCUT2D eigenvalue weighted by atomic mass is 10.0. The Morgan fingerprint density at radius 2 is 1.82 bits per heavy atom. The van der Waals surface area contributed by atoms with E-state index >= 15 is 0 Å². The van der Waals surface area contributed by atoms with Crippen LogP contribution >= 0.6 is 11.8 Å². The molecule has 0 aromatic heterocycles. The summed E-state index contributed by atoms with van der Waals surface area (Å²) in [5.41, 5.74) is 2.82. The summed E-state index contributed by atoms with van der Waals surface area (Å²) < 4.78 is 19.8. The molecule has 0 aliphatic carbocycles. The van der Waals surface area contributed by atoms with Crippen LogP contribution in [0.2, 0.25) is 0 Å². The Morgan fingerprint density at radius 3 is 2.68 bits per heavy atom. The Morgan fingerprint density at radius 1 is 1.04 bits per heavy atom. The molecule has 1 unspecified atom stereocenters. The Kier molecular flexibility index (Phi) is 5.63. The first-order valence-corrected chi connectivity index (χ1v) is 10.2. The number of carbonyl (C=O) groups excluding carboxylic acids is 1. The maximum Gasteiger partial charge on any atom is 0.258 e. The Balaban J connectivity index is 1.44. The number of nitrogens with one attached hydrogen (secondary N) is 1. The van der Waals surface area contributed by atoms with E-state index in [1.54, 1.807) is 6.07 Å². The molecule has 1 N–H and O–H groups in total. The van der Waals surface area contributed by atoms with E-state index in [1.165, 1.54) is 17.8 Å². The van der Waals surface area contributed by atoms with Gasteiger partial charge in [-0.3, -0.25) is 4.79 Å². The molecular formula is C23H20FNO2S. The lowest BCUT2D eigenvalue weighted by Crippen LogP contribution is -2.34. The van der Waals surface area contributed by atoms with Gasteiger partial charge in [0, 0.05) is 16.2 Å². The van der Waals surface area contributed by atoms with Crippen molar-refractivity contribution in [3.63, 3.8) is 0 Å². The molecular weight excluding hydrogens is 373 g/mol. The van der Waals surface area contributed by atoms with E-state index in [0.717, 1.165) is 28.9 Å². The number of fused-ring (bicyclic) bond motifs is 1. The van der Waals surface area contributed by atoms with Gasteiger partial charge in [0.25, 0.3) is 5.91 Å². The molecule has 0 saturated heterocycles. The van der Waals surface area contributed by atoms with Gasteiger partial charge in [-0.25, -0.2) is 4.39 Å². The Labute approximate surface area is 167 Å². The molecule has 5 heteroatoms. The molecule has 4 rings (SSSR count). The van der Waals surface area contributed by atoms with Crippen LogP contribution in [0, 0.1) is 5.82 Å². The summed E-state index contributed by atoms with van der Waals surface area (Å²) >= 11 is 1.50. The van der Waals surface area contributed by atoms with Crippen molar-refractivity contribution in [3.8, 4) is 16.9 Å². The Bertz CT molecular complexity index is 977. The standard InChI is InChI=1S/C23H20FNO2S/c24-19-11-6-10-18-20(13-14-28-23(18)19)25-22(26)15-27-21-12-5-4-9-17(21)16-7-2-1-3-8-16/h1-12,20H,13-15H2,(H,25,26). The average Bonchev–Trinajstić information content (AvgIpc) is 2.74. The smallest absolute Gasteiger partial charge is 0.258 e. The van der Waals surface area contributed by atoms with Crippen LogP contribution in [0.15, 0.2) is 77.7 Å². The number of para-hydroxylation sites is 1. The van der Waals surface area contributed by atoms with Crippen LogP contribution in [-0.4, -0.2) is 18.3 Å². The molecule has 0 bridgehead atoms. The number of halogens is 1. The van der Waals surface area contributed by atoms with E-state index in [4.69, 9.17) is 4.74 Å². The minimum Gasteiger partial charge on any atom is -0.483 e. The quantitative estimate of drug-likeness (QED) is 0.645. The van der Waals surface area contributed by atoms with Crippen molar-refractivity contribution in [2.45, 2.75) is 17.4 Å². The normalized spacial score (nSPS) is 15.5. The highest BCUT2D eigenvalue weighted by Crippen LogP contribution is 2.37.